The van der Waals surface area contributed by atoms with E-state index in [1.807, 2.05) is 26.8 Å². The molecular formula is C17H24Cl2N2O2. The summed E-state index contributed by atoms with van der Waals surface area (Å²) in [5.74, 6) is 0.345. The maximum Gasteiger partial charge on any atom is 0.407 e. The summed E-state index contributed by atoms with van der Waals surface area (Å²) >= 11 is 12.2. The number of ether oxygens (including phenoxy) is 1. The third kappa shape index (κ3) is 5.78. The van der Waals surface area contributed by atoms with Gasteiger partial charge in [0.2, 0.25) is 0 Å². The van der Waals surface area contributed by atoms with Gasteiger partial charge in [-0.15, -0.1) is 0 Å². The average Bonchev–Trinajstić information content (AvgIpc) is 2.86. The van der Waals surface area contributed by atoms with Gasteiger partial charge in [-0.05, 0) is 57.7 Å². The lowest BCUT2D eigenvalue weighted by atomic mass is 10.0. The van der Waals surface area contributed by atoms with Crippen molar-refractivity contribution in [1.29, 1.82) is 0 Å². The van der Waals surface area contributed by atoms with Crippen LogP contribution in [0.4, 0.5) is 10.5 Å². The van der Waals surface area contributed by atoms with E-state index in [9.17, 15) is 4.79 Å². The Morgan fingerprint density at radius 2 is 2.04 bits per heavy atom. The van der Waals surface area contributed by atoms with Crippen LogP contribution in [0.15, 0.2) is 18.2 Å². The van der Waals surface area contributed by atoms with E-state index in [1.165, 1.54) is 0 Å². The Kier molecular flexibility index (Phi) is 6.04. The number of carbonyl (C=O) groups excluding carboxylic acids is 1. The first-order valence-electron chi connectivity index (χ1n) is 7.93. The monoisotopic (exact) mass is 358 g/mol. The number of nitrogens with one attached hydrogen (secondary N) is 2. The van der Waals surface area contributed by atoms with Crippen LogP contribution in [0.5, 0.6) is 0 Å². The van der Waals surface area contributed by atoms with Gasteiger partial charge in [-0.3, -0.25) is 0 Å². The Morgan fingerprint density at radius 3 is 2.74 bits per heavy atom. The molecule has 1 aromatic carbocycles. The fraction of sp³-hybridized carbons (Fsp3) is 0.588. The molecule has 1 aliphatic rings. The molecule has 2 atom stereocenters. The van der Waals surface area contributed by atoms with Gasteiger partial charge in [-0.25, -0.2) is 4.79 Å². The van der Waals surface area contributed by atoms with Gasteiger partial charge in [0, 0.05) is 17.6 Å². The van der Waals surface area contributed by atoms with E-state index in [1.54, 1.807) is 12.1 Å². The van der Waals surface area contributed by atoms with Crippen molar-refractivity contribution >= 4 is 35.0 Å². The van der Waals surface area contributed by atoms with Gasteiger partial charge in [-0.2, -0.15) is 0 Å². The van der Waals surface area contributed by atoms with Gasteiger partial charge in [0.1, 0.15) is 5.60 Å². The van der Waals surface area contributed by atoms with Gasteiger partial charge >= 0.3 is 6.09 Å². The molecule has 2 N–H and O–H groups in total. The lowest BCUT2D eigenvalue weighted by Gasteiger charge is -2.24. The number of hydrogen-bond donors (Lipinski definition) is 2. The number of anilines is 1. The van der Waals surface area contributed by atoms with Gasteiger partial charge < -0.3 is 15.4 Å². The van der Waals surface area contributed by atoms with E-state index in [0.717, 1.165) is 24.9 Å². The molecule has 0 radical (unpaired) electrons. The Balaban J connectivity index is 1.90. The summed E-state index contributed by atoms with van der Waals surface area (Å²) in [5.41, 5.74) is 0.361. The first-order valence-corrected chi connectivity index (χ1v) is 8.68. The van der Waals surface area contributed by atoms with Crippen LogP contribution >= 0.6 is 23.2 Å². The zero-order valence-corrected chi connectivity index (χ0v) is 15.3. The van der Waals surface area contributed by atoms with Crippen LogP contribution in [0.3, 0.4) is 0 Å². The summed E-state index contributed by atoms with van der Waals surface area (Å²) in [6.45, 7) is 6.15. The van der Waals surface area contributed by atoms with Crippen molar-refractivity contribution in [1.82, 2.24) is 5.32 Å². The van der Waals surface area contributed by atoms with Gasteiger partial charge in [0.25, 0.3) is 0 Å². The van der Waals surface area contributed by atoms with Crippen LogP contribution in [0, 0.1) is 5.92 Å². The second kappa shape index (κ2) is 7.63. The van der Waals surface area contributed by atoms with E-state index in [0.29, 0.717) is 22.5 Å². The predicted molar refractivity (Wildman–Crippen MR) is 95.5 cm³/mol. The maximum absolute atomic E-state index is 11.8. The molecule has 0 heterocycles. The Bertz CT molecular complexity index is 558. The van der Waals surface area contributed by atoms with Crippen LogP contribution in [-0.2, 0) is 4.74 Å². The van der Waals surface area contributed by atoms with Crippen LogP contribution in [-0.4, -0.2) is 24.3 Å². The summed E-state index contributed by atoms with van der Waals surface area (Å²) in [6, 6.07) is 5.65. The molecule has 23 heavy (non-hydrogen) atoms. The number of halogens is 2. The molecule has 0 bridgehead atoms. The molecule has 0 saturated heterocycles. The molecule has 128 valence electrons. The smallest absolute Gasteiger partial charge is 0.407 e. The van der Waals surface area contributed by atoms with Crippen molar-refractivity contribution in [3.63, 3.8) is 0 Å². The van der Waals surface area contributed by atoms with Crippen molar-refractivity contribution < 1.29 is 9.53 Å². The standard InChI is InChI=1S/C17H24Cl2N2O2/c1-17(2,3)23-16(22)20-10-11-5-4-6-14(11)21-15-9-12(18)7-8-13(15)19/h7-9,11,14,21H,4-6,10H2,1-3H3,(H,20,22). The molecule has 0 aliphatic heterocycles. The molecule has 0 spiro atoms. The number of rotatable bonds is 4. The first kappa shape index (κ1) is 18.2. The first-order chi connectivity index (χ1) is 10.7. The van der Waals surface area contributed by atoms with E-state index in [-0.39, 0.29) is 12.1 Å². The molecule has 0 aromatic heterocycles. The summed E-state index contributed by atoms with van der Waals surface area (Å²) < 4.78 is 5.28. The molecule has 1 amide bonds. The minimum atomic E-state index is -0.480. The highest BCUT2D eigenvalue weighted by Gasteiger charge is 2.28. The van der Waals surface area contributed by atoms with Gasteiger partial charge in [0.15, 0.2) is 0 Å². The van der Waals surface area contributed by atoms with E-state index in [2.05, 4.69) is 10.6 Å². The van der Waals surface area contributed by atoms with Crippen LogP contribution < -0.4 is 10.6 Å². The predicted octanol–water partition coefficient (Wildman–Crippen LogP) is 5.10. The number of amides is 1. The Morgan fingerprint density at radius 1 is 1.30 bits per heavy atom. The molecule has 2 rings (SSSR count). The minimum Gasteiger partial charge on any atom is -0.444 e. The minimum absolute atomic E-state index is 0.265. The SMILES string of the molecule is CC(C)(C)OC(=O)NCC1CCCC1Nc1cc(Cl)ccc1Cl. The molecule has 1 aromatic rings. The Labute approximate surface area is 147 Å². The van der Waals surface area contributed by atoms with Crippen molar-refractivity contribution in [3.8, 4) is 0 Å². The molecule has 1 aliphatic carbocycles. The summed E-state index contributed by atoms with van der Waals surface area (Å²) in [4.78, 5) is 11.8. The number of benzene rings is 1. The van der Waals surface area contributed by atoms with Crippen LogP contribution in [0.25, 0.3) is 0 Å². The van der Waals surface area contributed by atoms with Crippen molar-refractivity contribution in [2.45, 2.75) is 51.7 Å². The average molecular weight is 359 g/mol. The van der Waals surface area contributed by atoms with Crippen molar-refractivity contribution in [2.75, 3.05) is 11.9 Å². The van der Waals surface area contributed by atoms with Crippen LogP contribution in [0.2, 0.25) is 10.0 Å². The third-order valence-corrected chi connectivity index (χ3v) is 4.40. The molecule has 6 heteroatoms. The van der Waals surface area contributed by atoms with E-state index >= 15 is 0 Å². The van der Waals surface area contributed by atoms with E-state index in [4.69, 9.17) is 27.9 Å². The molecular weight excluding hydrogens is 335 g/mol. The highest BCUT2D eigenvalue weighted by Crippen LogP contribution is 2.32. The van der Waals surface area contributed by atoms with Crippen molar-refractivity contribution in [2.24, 2.45) is 5.92 Å². The second-order valence-electron chi connectivity index (χ2n) is 6.95. The summed E-state index contributed by atoms with van der Waals surface area (Å²) in [6.07, 6.45) is 2.86. The largest absolute Gasteiger partial charge is 0.444 e. The maximum atomic E-state index is 11.8. The van der Waals surface area contributed by atoms with Gasteiger partial charge in [0.05, 0.1) is 10.7 Å². The lowest BCUT2D eigenvalue weighted by molar-refractivity contribution is 0.0519. The summed E-state index contributed by atoms with van der Waals surface area (Å²) in [5, 5.41) is 7.63. The van der Waals surface area contributed by atoms with E-state index < -0.39 is 5.60 Å². The van der Waals surface area contributed by atoms with Crippen LogP contribution in [0.1, 0.15) is 40.0 Å². The number of alkyl carbamates (subject to hydrolysis) is 1. The quantitative estimate of drug-likeness (QED) is 0.786. The summed E-state index contributed by atoms with van der Waals surface area (Å²) in [7, 11) is 0. The number of hydrogen-bond acceptors (Lipinski definition) is 3. The highest BCUT2D eigenvalue weighted by atomic mass is 35.5. The molecule has 2 unspecified atom stereocenters. The molecule has 4 nitrogen and oxygen atoms in total. The Hall–Kier alpha value is -1.13. The highest BCUT2D eigenvalue weighted by molar-refractivity contribution is 6.35. The molecule has 1 fully saturated rings. The van der Waals surface area contributed by atoms with Gasteiger partial charge in [-0.1, -0.05) is 29.6 Å². The zero-order chi connectivity index (χ0) is 17.0. The normalized spacial score (nSPS) is 21.1. The fourth-order valence-electron chi connectivity index (χ4n) is 2.81. The van der Waals surface area contributed by atoms with Crippen molar-refractivity contribution in [3.05, 3.63) is 28.2 Å². The lowest BCUT2D eigenvalue weighted by Crippen LogP contribution is -2.38. The molecule has 1 saturated carbocycles. The topological polar surface area (TPSA) is 50.4 Å². The third-order valence-electron chi connectivity index (χ3n) is 3.84. The zero-order valence-electron chi connectivity index (χ0n) is 13.8. The fourth-order valence-corrected chi connectivity index (χ4v) is 3.15. The number of carbonyl (C=O) groups is 1. The second-order valence-corrected chi connectivity index (χ2v) is 7.79.